The highest BCUT2D eigenvalue weighted by molar-refractivity contribution is 6.33. The first-order chi connectivity index (χ1) is 17.5. The zero-order valence-electron chi connectivity index (χ0n) is 20.4. The van der Waals surface area contributed by atoms with Gasteiger partial charge in [-0.15, -0.1) is 0 Å². The molecule has 2 heterocycles. The van der Waals surface area contributed by atoms with E-state index in [-0.39, 0.29) is 0 Å². The van der Waals surface area contributed by atoms with E-state index in [1.807, 2.05) is 31.3 Å². The topological polar surface area (TPSA) is 117 Å². The van der Waals surface area contributed by atoms with Crippen molar-refractivity contribution in [3.8, 4) is 0 Å². The Kier molecular flexibility index (Phi) is 9.07. The number of hydrogen-bond acceptors (Lipinski definition) is 8. The van der Waals surface area contributed by atoms with Crippen molar-refractivity contribution in [2.24, 2.45) is 5.73 Å². The van der Waals surface area contributed by atoms with E-state index in [2.05, 4.69) is 43.0 Å². The SMILES string of the molecule is CNCCc1cccc(C(N)=O)c1Nc1nc(Nc2cccc(CCN3CCOCC3)c2)ncc1Cl. The minimum atomic E-state index is -0.527. The van der Waals surface area contributed by atoms with E-state index in [1.54, 1.807) is 6.07 Å². The summed E-state index contributed by atoms with van der Waals surface area (Å²) in [7, 11) is 1.88. The van der Waals surface area contributed by atoms with Crippen LogP contribution in [0.25, 0.3) is 0 Å². The first-order valence-corrected chi connectivity index (χ1v) is 12.4. The molecule has 5 N–H and O–H groups in total. The van der Waals surface area contributed by atoms with Crippen molar-refractivity contribution < 1.29 is 9.53 Å². The van der Waals surface area contributed by atoms with Crippen LogP contribution in [-0.4, -0.2) is 67.2 Å². The standard InChI is InChI=1S/C26H32ClN7O2/c1-29-10-8-19-5-3-7-21(24(28)35)23(19)32-25-22(27)17-30-26(33-25)31-20-6-2-4-18(16-20)9-11-34-12-14-36-15-13-34/h2-7,16-17,29H,8-15H2,1H3,(H2,28,35)(H2,30,31,32,33). The lowest BCUT2D eigenvalue weighted by atomic mass is 10.0. The number of halogens is 1. The van der Waals surface area contributed by atoms with Crippen molar-refractivity contribution in [1.29, 1.82) is 0 Å². The van der Waals surface area contributed by atoms with Crippen LogP contribution in [0.2, 0.25) is 5.02 Å². The first kappa shape index (κ1) is 25.8. The molecule has 0 saturated carbocycles. The molecule has 1 aromatic heterocycles. The molecule has 1 aliphatic heterocycles. The molecular formula is C26H32ClN7O2. The summed E-state index contributed by atoms with van der Waals surface area (Å²) in [5, 5.41) is 9.95. The Hall–Kier alpha value is -3.24. The lowest BCUT2D eigenvalue weighted by Crippen LogP contribution is -2.37. The molecule has 0 unspecified atom stereocenters. The normalized spacial score (nSPS) is 13.9. The summed E-state index contributed by atoms with van der Waals surface area (Å²) >= 11 is 6.42. The van der Waals surface area contributed by atoms with Crippen LogP contribution in [0.3, 0.4) is 0 Å². The number of nitrogens with zero attached hydrogens (tertiary/aromatic N) is 3. The lowest BCUT2D eigenvalue weighted by Gasteiger charge is -2.26. The Morgan fingerprint density at radius 1 is 1.14 bits per heavy atom. The minimum Gasteiger partial charge on any atom is -0.379 e. The molecule has 0 bridgehead atoms. The number of nitrogens with one attached hydrogen (secondary N) is 3. The van der Waals surface area contributed by atoms with Gasteiger partial charge >= 0.3 is 0 Å². The van der Waals surface area contributed by atoms with Crippen molar-refractivity contribution in [2.75, 3.05) is 57.1 Å². The number of benzene rings is 2. The molecule has 1 amide bonds. The van der Waals surface area contributed by atoms with Gasteiger partial charge in [-0.3, -0.25) is 9.69 Å². The molecule has 0 spiro atoms. The summed E-state index contributed by atoms with van der Waals surface area (Å²) in [5.41, 5.74) is 9.65. The first-order valence-electron chi connectivity index (χ1n) is 12.1. The third kappa shape index (κ3) is 6.92. The monoisotopic (exact) mass is 509 g/mol. The number of carbonyl (C=O) groups excluding carboxylic acids is 1. The van der Waals surface area contributed by atoms with Crippen molar-refractivity contribution in [2.45, 2.75) is 12.8 Å². The van der Waals surface area contributed by atoms with Gasteiger partial charge in [0.25, 0.3) is 5.91 Å². The quantitative estimate of drug-likeness (QED) is 0.311. The molecule has 4 rings (SSSR count). The number of rotatable bonds is 11. The van der Waals surface area contributed by atoms with Crippen LogP contribution in [-0.2, 0) is 17.6 Å². The molecule has 1 fully saturated rings. The van der Waals surface area contributed by atoms with Crippen LogP contribution >= 0.6 is 11.6 Å². The second-order valence-corrected chi connectivity index (χ2v) is 9.01. The summed E-state index contributed by atoms with van der Waals surface area (Å²) in [4.78, 5) is 23.4. The molecule has 0 aliphatic carbocycles. The number of morpholine rings is 1. The van der Waals surface area contributed by atoms with Crippen LogP contribution in [0.5, 0.6) is 0 Å². The number of likely N-dealkylation sites (N-methyl/N-ethyl adjacent to an activating group) is 1. The van der Waals surface area contributed by atoms with Crippen LogP contribution in [0, 0.1) is 0 Å². The molecule has 190 valence electrons. The zero-order chi connectivity index (χ0) is 25.3. The van der Waals surface area contributed by atoms with Gasteiger partial charge in [0.2, 0.25) is 5.95 Å². The number of hydrogen-bond donors (Lipinski definition) is 4. The van der Waals surface area contributed by atoms with Crippen LogP contribution < -0.4 is 21.7 Å². The minimum absolute atomic E-state index is 0.332. The molecule has 36 heavy (non-hydrogen) atoms. The summed E-state index contributed by atoms with van der Waals surface area (Å²) in [5.74, 6) is 0.249. The van der Waals surface area contributed by atoms with Gasteiger partial charge in [0.1, 0.15) is 5.02 Å². The van der Waals surface area contributed by atoms with Gasteiger partial charge < -0.3 is 26.4 Å². The second kappa shape index (κ2) is 12.6. The van der Waals surface area contributed by atoms with E-state index in [0.29, 0.717) is 34.5 Å². The predicted octanol–water partition coefficient (Wildman–Crippen LogP) is 3.35. The van der Waals surface area contributed by atoms with Crippen molar-refractivity contribution >= 4 is 40.6 Å². The van der Waals surface area contributed by atoms with E-state index < -0.39 is 5.91 Å². The van der Waals surface area contributed by atoms with Crippen molar-refractivity contribution in [1.82, 2.24) is 20.2 Å². The lowest BCUT2D eigenvalue weighted by molar-refractivity contribution is 0.0384. The van der Waals surface area contributed by atoms with Gasteiger partial charge in [0.15, 0.2) is 5.82 Å². The van der Waals surface area contributed by atoms with Crippen molar-refractivity contribution in [3.05, 3.63) is 70.4 Å². The fourth-order valence-electron chi connectivity index (χ4n) is 4.10. The second-order valence-electron chi connectivity index (χ2n) is 8.60. The number of ether oxygens (including phenoxy) is 1. The number of nitrogens with two attached hydrogens (primary N) is 1. The van der Waals surface area contributed by atoms with Gasteiger partial charge in [-0.1, -0.05) is 35.9 Å². The Labute approximate surface area is 216 Å². The highest BCUT2D eigenvalue weighted by atomic mass is 35.5. The van der Waals surface area contributed by atoms with E-state index in [9.17, 15) is 4.79 Å². The maximum absolute atomic E-state index is 12.1. The zero-order valence-corrected chi connectivity index (χ0v) is 21.1. The number of primary amides is 1. The third-order valence-corrected chi connectivity index (χ3v) is 6.33. The summed E-state index contributed by atoms with van der Waals surface area (Å²) in [6.07, 6.45) is 3.18. The Balaban J connectivity index is 1.50. The van der Waals surface area contributed by atoms with Gasteiger partial charge in [0.05, 0.1) is 30.7 Å². The van der Waals surface area contributed by atoms with Crippen molar-refractivity contribution in [3.63, 3.8) is 0 Å². The molecular weight excluding hydrogens is 478 g/mol. The summed E-state index contributed by atoms with van der Waals surface area (Å²) < 4.78 is 5.43. The van der Waals surface area contributed by atoms with Crippen LogP contribution in [0.4, 0.5) is 23.1 Å². The molecule has 0 atom stereocenters. The predicted molar refractivity (Wildman–Crippen MR) is 144 cm³/mol. The van der Waals surface area contributed by atoms with Crippen LogP contribution in [0.15, 0.2) is 48.7 Å². The molecule has 9 nitrogen and oxygen atoms in total. The Bertz CT molecular complexity index is 1180. The van der Waals surface area contributed by atoms with Crippen LogP contribution in [0.1, 0.15) is 21.5 Å². The highest BCUT2D eigenvalue weighted by Crippen LogP contribution is 2.29. The largest absolute Gasteiger partial charge is 0.379 e. The summed E-state index contributed by atoms with van der Waals surface area (Å²) in [6, 6.07) is 13.7. The number of anilines is 4. The number of amides is 1. The maximum Gasteiger partial charge on any atom is 0.250 e. The molecule has 2 aromatic carbocycles. The highest BCUT2D eigenvalue weighted by Gasteiger charge is 2.16. The van der Waals surface area contributed by atoms with Gasteiger partial charge in [0, 0.05) is 25.3 Å². The van der Waals surface area contributed by atoms with E-state index in [4.69, 9.17) is 22.1 Å². The summed E-state index contributed by atoms with van der Waals surface area (Å²) in [6.45, 7) is 5.28. The fourth-order valence-corrected chi connectivity index (χ4v) is 4.24. The Morgan fingerprint density at radius 3 is 2.72 bits per heavy atom. The van der Waals surface area contributed by atoms with E-state index in [0.717, 1.165) is 57.1 Å². The average molecular weight is 510 g/mol. The van der Waals surface area contributed by atoms with Gasteiger partial charge in [-0.05, 0) is 55.8 Å². The van der Waals surface area contributed by atoms with E-state index >= 15 is 0 Å². The third-order valence-electron chi connectivity index (χ3n) is 6.05. The maximum atomic E-state index is 12.1. The molecule has 0 radical (unpaired) electrons. The smallest absolute Gasteiger partial charge is 0.250 e. The fraction of sp³-hybridized carbons (Fsp3) is 0.346. The molecule has 3 aromatic rings. The number of carbonyl (C=O) groups is 1. The average Bonchev–Trinajstić information content (AvgIpc) is 2.89. The molecule has 1 saturated heterocycles. The molecule has 10 heteroatoms. The molecule has 1 aliphatic rings. The Morgan fingerprint density at radius 2 is 1.94 bits per heavy atom. The van der Waals surface area contributed by atoms with Gasteiger partial charge in [-0.25, -0.2) is 4.98 Å². The number of para-hydroxylation sites is 1. The van der Waals surface area contributed by atoms with Gasteiger partial charge in [-0.2, -0.15) is 4.98 Å². The number of aromatic nitrogens is 2. The van der Waals surface area contributed by atoms with E-state index in [1.165, 1.54) is 11.8 Å².